The standard InChI is InChI=1S/C24H27N3O4/c28-22(9-10-27-23(29)15-18-5-3-4-8-21(18)24(27)30)25-16-19-6-1-2-7-20(19)17-26-11-13-31-14-12-26/h1-8H,9-17H2,(H,25,28). The summed E-state index contributed by atoms with van der Waals surface area (Å²) >= 11 is 0. The van der Waals surface area contributed by atoms with Crippen LogP contribution >= 0.6 is 0 Å². The molecule has 4 rings (SSSR count). The molecule has 0 atom stereocenters. The van der Waals surface area contributed by atoms with Gasteiger partial charge < -0.3 is 10.1 Å². The van der Waals surface area contributed by atoms with Crippen LogP contribution in [0.2, 0.25) is 0 Å². The summed E-state index contributed by atoms with van der Waals surface area (Å²) in [5.74, 6) is -0.761. The first-order chi connectivity index (χ1) is 15.1. The second kappa shape index (κ2) is 9.85. The van der Waals surface area contributed by atoms with Crippen molar-refractivity contribution >= 4 is 17.7 Å². The van der Waals surface area contributed by atoms with Crippen LogP contribution in [0.25, 0.3) is 0 Å². The highest BCUT2D eigenvalue weighted by Crippen LogP contribution is 2.20. The molecule has 2 aromatic carbocycles. The molecule has 3 amide bonds. The first kappa shape index (κ1) is 21.2. The van der Waals surface area contributed by atoms with Crippen molar-refractivity contribution in [2.45, 2.75) is 25.9 Å². The smallest absolute Gasteiger partial charge is 0.260 e. The second-order valence-corrected chi connectivity index (χ2v) is 7.87. The van der Waals surface area contributed by atoms with E-state index in [9.17, 15) is 14.4 Å². The summed E-state index contributed by atoms with van der Waals surface area (Å²) in [7, 11) is 0. The Balaban J connectivity index is 1.30. The van der Waals surface area contributed by atoms with E-state index in [0.717, 1.165) is 44.0 Å². The summed E-state index contributed by atoms with van der Waals surface area (Å²) in [4.78, 5) is 40.9. The molecule has 0 radical (unpaired) electrons. The predicted octanol–water partition coefficient (Wildman–Crippen LogP) is 1.75. The number of nitrogens with zero attached hydrogens (tertiary/aromatic N) is 2. The Labute approximate surface area is 182 Å². The molecule has 1 saturated heterocycles. The minimum Gasteiger partial charge on any atom is -0.379 e. The van der Waals surface area contributed by atoms with Gasteiger partial charge in [-0.05, 0) is 22.8 Å². The van der Waals surface area contributed by atoms with Crippen molar-refractivity contribution in [3.05, 3.63) is 70.8 Å². The molecule has 0 aromatic heterocycles. The Morgan fingerprint density at radius 2 is 1.68 bits per heavy atom. The number of fused-ring (bicyclic) bond motifs is 1. The first-order valence-electron chi connectivity index (χ1n) is 10.7. The van der Waals surface area contributed by atoms with Gasteiger partial charge in [-0.25, -0.2) is 0 Å². The predicted molar refractivity (Wildman–Crippen MR) is 115 cm³/mol. The summed E-state index contributed by atoms with van der Waals surface area (Å²) in [5, 5.41) is 2.93. The molecule has 0 aliphatic carbocycles. The van der Waals surface area contributed by atoms with Crippen molar-refractivity contribution in [1.29, 1.82) is 0 Å². The van der Waals surface area contributed by atoms with Crippen molar-refractivity contribution in [3.63, 3.8) is 0 Å². The fraction of sp³-hybridized carbons (Fsp3) is 0.375. The molecule has 0 bridgehead atoms. The van der Waals surface area contributed by atoms with Gasteiger partial charge in [0, 0.05) is 44.7 Å². The van der Waals surface area contributed by atoms with Gasteiger partial charge in [0.05, 0.1) is 19.6 Å². The minimum absolute atomic E-state index is 0.0886. The van der Waals surface area contributed by atoms with E-state index in [0.29, 0.717) is 12.1 Å². The number of morpholine rings is 1. The van der Waals surface area contributed by atoms with Crippen molar-refractivity contribution in [2.24, 2.45) is 0 Å². The Morgan fingerprint density at radius 1 is 0.968 bits per heavy atom. The molecule has 31 heavy (non-hydrogen) atoms. The van der Waals surface area contributed by atoms with Gasteiger partial charge in [0.25, 0.3) is 5.91 Å². The van der Waals surface area contributed by atoms with Crippen LogP contribution in [0.5, 0.6) is 0 Å². The summed E-state index contributed by atoms with van der Waals surface area (Å²) in [5.41, 5.74) is 3.54. The molecule has 2 heterocycles. The molecule has 2 aromatic rings. The highest BCUT2D eigenvalue weighted by Gasteiger charge is 2.30. The van der Waals surface area contributed by atoms with E-state index in [2.05, 4.69) is 16.3 Å². The quantitative estimate of drug-likeness (QED) is 0.689. The molecule has 162 valence electrons. The number of carbonyl (C=O) groups excluding carboxylic acids is 3. The van der Waals surface area contributed by atoms with E-state index in [-0.39, 0.29) is 37.1 Å². The first-order valence-corrected chi connectivity index (χ1v) is 10.7. The minimum atomic E-state index is -0.324. The normalized spacial score (nSPS) is 16.8. The molecule has 2 aliphatic heterocycles. The zero-order valence-electron chi connectivity index (χ0n) is 17.5. The van der Waals surface area contributed by atoms with Crippen LogP contribution in [0, 0.1) is 0 Å². The van der Waals surface area contributed by atoms with Crippen LogP contribution in [-0.2, 0) is 33.8 Å². The zero-order chi connectivity index (χ0) is 21.6. The number of ether oxygens (including phenoxy) is 1. The van der Waals surface area contributed by atoms with Crippen LogP contribution in [0.3, 0.4) is 0 Å². The van der Waals surface area contributed by atoms with Crippen LogP contribution < -0.4 is 5.32 Å². The van der Waals surface area contributed by atoms with Gasteiger partial charge in [-0.1, -0.05) is 42.5 Å². The van der Waals surface area contributed by atoms with Crippen LogP contribution in [0.15, 0.2) is 48.5 Å². The molecule has 7 heteroatoms. The maximum Gasteiger partial charge on any atom is 0.260 e. The third kappa shape index (κ3) is 5.18. The fourth-order valence-corrected chi connectivity index (χ4v) is 4.01. The number of rotatable bonds is 7. The van der Waals surface area contributed by atoms with Gasteiger partial charge in [-0.15, -0.1) is 0 Å². The molecule has 1 N–H and O–H groups in total. The van der Waals surface area contributed by atoms with Crippen molar-refractivity contribution in [2.75, 3.05) is 32.8 Å². The Kier molecular flexibility index (Phi) is 6.74. The van der Waals surface area contributed by atoms with Crippen LogP contribution in [0.4, 0.5) is 0 Å². The number of imide groups is 1. The van der Waals surface area contributed by atoms with E-state index in [1.807, 2.05) is 24.3 Å². The molecule has 0 saturated carbocycles. The number of benzene rings is 2. The average Bonchev–Trinajstić information content (AvgIpc) is 2.79. The molecule has 7 nitrogen and oxygen atoms in total. The summed E-state index contributed by atoms with van der Waals surface area (Å²) in [6, 6.07) is 15.2. The number of nitrogens with one attached hydrogen (secondary N) is 1. The van der Waals surface area contributed by atoms with Gasteiger partial charge >= 0.3 is 0 Å². The maximum atomic E-state index is 12.6. The molecule has 2 aliphatic rings. The van der Waals surface area contributed by atoms with Gasteiger partial charge in [0.2, 0.25) is 11.8 Å². The third-order valence-electron chi connectivity index (χ3n) is 5.79. The summed E-state index contributed by atoms with van der Waals surface area (Å²) in [6.45, 7) is 4.64. The highest BCUT2D eigenvalue weighted by molar-refractivity contribution is 6.09. The van der Waals surface area contributed by atoms with Gasteiger partial charge in [-0.2, -0.15) is 0 Å². The van der Waals surface area contributed by atoms with Crippen molar-refractivity contribution in [1.82, 2.24) is 15.1 Å². The van der Waals surface area contributed by atoms with E-state index in [1.165, 1.54) is 10.5 Å². The maximum absolute atomic E-state index is 12.6. The summed E-state index contributed by atoms with van der Waals surface area (Å²) in [6.07, 6.45) is 0.281. The zero-order valence-corrected chi connectivity index (χ0v) is 17.5. The Hall–Kier alpha value is -3.03. The number of amides is 3. The average molecular weight is 421 g/mol. The van der Waals surface area contributed by atoms with E-state index in [4.69, 9.17) is 4.74 Å². The molecular formula is C24H27N3O4. The number of carbonyl (C=O) groups is 3. The van der Waals surface area contributed by atoms with Crippen molar-refractivity contribution < 1.29 is 19.1 Å². The van der Waals surface area contributed by atoms with E-state index < -0.39 is 0 Å². The van der Waals surface area contributed by atoms with Gasteiger partial charge in [0.15, 0.2) is 0 Å². The topological polar surface area (TPSA) is 79.0 Å². The van der Waals surface area contributed by atoms with Gasteiger partial charge in [0.1, 0.15) is 0 Å². The molecule has 1 fully saturated rings. The lowest BCUT2D eigenvalue weighted by atomic mass is 9.98. The second-order valence-electron chi connectivity index (χ2n) is 7.87. The van der Waals surface area contributed by atoms with Gasteiger partial charge in [-0.3, -0.25) is 24.2 Å². The number of hydrogen-bond acceptors (Lipinski definition) is 5. The fourth-order valence-electron chi connectivity index (χ4n) is 4.01. The lowest BCUT2D eigenvalue weighted by molar-refractivity contribution is -0.129. The Morgan fingerprint density at radius 3 is 2.48 bits per heavy atom. The lowest BCUT2D eigenvalue weighted by Crippen LogP contribution is -2.44. The highest BCUT2D eigenvalue weighted by atomic mass is 16.5. The largest absolute Gasteiger partial charge is 0.379 e. The van der Waals surface area contributed by atoms with Crippen LogP contribution in [-0.4, -0.2) is 60.4 Å². The van der Waals surface area contributed by atoms with Crippen LogP contribution in [0.1, 0.15) is 33.5 Å². The number of hydrogen-bond donors (Lipinski definition) is 1. The summed E-state index contributed by atoms with van der Waals surface area (Å²) < 4.78 is 5.41. The monoisotopic (exact) mass is 421 g/mol. The third-order valence-corrected chi connectivity index (χ3v) is 5.79. The van der Waals surface area contributed by atoms with Crippen molar-refractivity contribution in [3.8, 4) is 0 Å². The molecular weight excluding hydrogens is 394 g/mol. The molecule has 0 spiro atoms. The SMILES string of the molecule is O=C(CCN1C(=O)Cc2ccccc2C1=O)NCc1ccccc1CN1CCOCC1. The Bertz CT molecular complexity index is 969. The van der Waals surface area contributed by atoms with E-state index in [1.54, 1.807) is 18.2 Å². The lowest BCUT2D eigenvalue weighted by Gasteiger charge is -2.27. The van der Waals surface area contributed by atoms with E-state index >= 15 is 0 Å². The molecule has 0 unspecified atom stereocenters.